The second-order valence-corrected chi connectivity index (χ2v) is 7.28. The lowest BCUT2D eigenvalue weighted by atomic mass is 9.97. The highest BCUT2D eigenvalue weighted by Crippen LogP contribution is 2.24. The van der Waals surface area contributed by atoms with Crippen LogP contribution in [0.4, 0.5) is 14.5 Å². The Morgan fingerprint density at radius 2 is 1.77 bits per heavy atom. The van der Waals surface area contributed by atoms with Crippen molar-refractivity contribution in [3.8, 4) is 5.69 Å². The average molecular weight is 426 g/mol. The van der Waals surface area contributed by atoms with E-state index in [0.717, 1.165) is 38.2 Å². The molecule has 1 aliphatic rings. The van der Waals surface area contributed by atoms with Crippen molar-refractivity contribution in [1.29, 1.82) is 0 Å². The number of nitrogens with zero attached hydrogens (tertiary/aromatic N) is 4. The molecule has 3 aromatic rings. The van der Waals surface area contributed by atoms with E-state index < -0.39 is 18.3 Å². The minimum atomic E-state index is -1.92. The molecule has 3 N–H and O–H groups in total. The van der Waals surface area contributed by atoms with Gasteiger partial charge in [0.1, 0.15) is 0 Å². The summed E-state index contributed by atoms with van der Waals surface area (Å²) in [6.45, 7) is -0.778. The number of nitrogens with two attached hydrogens (primary N) is 1. The first-order valence-corrected chi connectivity index (χ1v) is 9.71. The number of amides is 1. The van der Waals surface area contributed by atoms with Gasteiger partial charge in [0.2, 0.25) is 5.91 Å². The largest absolute Gasteiger partial charge is 0.368 e. The summed E-state index contributed by atoms with van der Waals surface area (Å²) in [5.74, 6) is 0.0353. The third-order valence-corrected chi connectivity index (χ3v) is 5.15. The van der Waals surface area contributed by atoms with Gasteiger partial charge in [0.25, 0.3) is 6.08 Å². The van der Waals surface area contributed by atoms with Gasteiger partial charge in [-0.05, 0) is 58.2 Å². The minimum Gasteiger partial charge on any atom is -0.327 e. The maximum absolute atomic E-state index is 12.8. The van der Waals surface area contributed by atoms with Crippen LogP contribution in [-0.4, -0.2) is 32.2 Å². The van der Waals surface area contributed by atoms with Crippen molar-refractivity contribution in [2.45, 2.75) is 25.8 Å². The van der Waals surface area contributed by atoms with Crippen LogP contribution in [0, 0.1) is 0 Å². The number of benzene rings is 2. The van der Waals surface area contributed by atoms with Crippen LogP contribution in [0.1, 0.15) is 23.1 Å². The van der Waals surface area contributed by atoms with Crippen LogP contribution in [0.3, 0.4) is 0 Å². The van der Waals surface area contributed by atoms with Crippen molar-refractivity contribution in [2.24, 2.45) is 5.73 Å². The molecule has 160 valence electrons. The molecule has 0 saturated carbocycles. The molecule has 10 heteroatoms. The van der Waals surface area contributed by atoms with Crippen LogP contribution in [0.25, 0.3) is 5.69 Å². The fourth-order valence-electron chi connectivity index (χ4n) is 3.46. The zero-order valence-electron chi connectivity index (χ0n) is 16.5. The summed E-state index contributed by atoms with van der Waals surface area (Å²) >= 11 is 0. The summed E-state index contributed by atoms with van der Waals surface area (Å²) in [4.78, 5) is 23.9. The first-order valence-electron chi connectivity index (χ1n) is 9.71. The van der Waals surface area contributed by atoms with Crippen molar-refractivity contribution in [3.05, 3.63) is 81.3 Å². The van der Waals surface area contributed by atoms with Crippen LogP contribution >= 0.6 is 0 Å². The zero-order valence-corrected chi connectivity index (χ0v) is 16.5. The number of aromatic nitrogens is 4. The van der Waals surface area contributed by atoms with Crippen molar-refractivity contribution >= 4 is 11.6 Å². The van der Waals surface area contributed by atoms with Crippen molar-refractivity contribution in [2.75, 3.05) is 11.9 Å². The van der Waals surface area contributed by atoms with E-state index in [2.05, 4.69) is 21.8 Å². The highest BCUT2D eigenvalue weighted by molar-refractivity contribution is 5.93. The van der Waals surface area contributed by atoms with E-state index in [1.165, 1.54) is 0 Å². The molecule has 31 heavy (non-hydrogen) atoms. The SMILES string of the molecule is NCC(Cn1nnn(-c2ccc(Cc3ccc4c(c3)CCC(=O)N4)cc2)c1=O)=C(F)F. The summed E-state index contributed by atoms with van der Waals surface area (Å²) in [5, 5.41) is 10.3. The number of carbonyl (C=O) groups excluding carboxylic acids is 1. The molecule has 0 aliphatic carbocycles. The number of nitrogens with one attached hydrogen (secondary N) is 1. The Kier molecular flexibility index (Phi) is 5.72. The van der Waals surface area contributed by atoms with Crippen LogP contribution < -0.4 is 16.7 Å². The van der Waals surface area contributed by atoms with Gasteiger partial charge in [-0.15, -0.1) is 0 Å². The molecule has 8 nitrogen and oxygen atoms in total. The average Bonchev–Trinajstić information content (AvgIpc) is 3.12. The highest BCUT2D eigenvalue weighted by Gasteiger charge is 2.15. The number of aryl methyl sites for hydroxylation is 1. The Balaban J connectivity index is 1.50. The van der Waals surface area contributed by atoms with Gasteiger partial charge in [-0.25, -0.2) is 4.79 Å². The van der Waals surface area contributed by atoms with Gasteiger partial charge in [0.15, 0.2) is 0 Å². The molecule has 2 aromatic carbocycles. The number of hydrogen-bond donors (Lipinski definition) is 2. The molecule has 0 fully saturated rings. The summed E-state index contributed by atoms with van der Waals surface area (Å²) in [6.07, 6.45) is -0.0253. The molecule has 1 amide bonds. The Hall–Kier alpha value is -3.66. The van der Waals surface area contributed by atoms with Crippen molar-refractivity contribution in [1.82, 2.24) is 19.8 Å². The van der Waals surface area contributed by atoms with Crippen LogP contribution in [0.2, 0.25) is 0 Å². The third-order valence-electron chi connectivity index (χ3n) is 5.15. The molecular weight excluding hydrogens is 406 g/mol. The molecule has 0 unspecified atom stereocenters. The zero-order chi connectivity index (χ0) is 22.0. The normalized spacial score (nSPS) is 12.9. The highest BCUT2D eigenvalue weighted by atomic mass is 19.3. The second-order valence-electron chi connectivity index (χ2n) is 7.28. The molecule has 0 radical (unpaired) electrons. The summed E-state index contributed by atoms with van der Waals surface area (Å²) in [7, 11) is 0. The molecular formula is C21H20F2N6O2. The molecule has 2 heterocycles. The number of anilines is 1. The second kappa shape index (κ2) is 8.60. The van der Waals surface area contributed by atoms with E-state index in [-0.39, 0.29) is 18.0 Å². The lowest BCUT2D eigenvalue weighted by Gasteiger charge is -2.17. The Morgan fingerprint density at radius 3 is 2.48 bits per heavy atom. The standard InChI is InChI=1S/C21H20F2N6O2/c22-20(23)16(11-24)12-28-21(31)29(27-26-28)17-5-1-13(2-6-17)9-14-3-7-18-15(10-14)4-8-19(30)25-18/h1-3,5-7,10H,4,8-9,11-12,24H2,(H,25,30). The molecule has 1 aromatic heterocycles. The lowest BCUT2D eigenvalue weighted by Crippen LogP contribution is -2.26. The van der Waals surface area contributed by atoms with Crippen molar-refractivity contribution < 1.29 is 13.6 Å². The number of tetrazole rings is 1. The predicted octanol–water partition coefficient (Wildman–Crippen LogP) is 2.01. The molecule has 4 rings (SSSR count). The topological polar surface area (TPSA) is 108 Å². The van der Waals surface area contributed by atoms with Crippen LogP contribution in [0.5, 0.6) is 0 Å². The Labute approximate surface area is 176 Å². The minimum absolute atomic E-state index is 0.0353. The maximum Gasteiger partial charge on any atom is 0.368 e. The first kappa shape index (κ1) is 20.6. The van der Waals surface area contributed by atoms with Gasteiger partial charge in [0.05, 0.1) is 12.2 Å². The summed E-state index contributed by atoms with van der Waals surface area (Å²) in [5.41, 5.74) is 8.88. The number of carbonyl (C=O) groups is 1. The number of fused-ring (bicyclic) bond motifs is 1. The van der Waals surface area contributed by atoms with E-state index in [0.29, 0.717) is 18.5 Å². The quantitative estimate of drug-likeness (QED) is 0.627. The number of halogens is 2. The predicted molar refractivity (Wildman–Crippen MR) is 110 cm³/mol. The van der Waals surface area contributed by atoms with Gasteiger partial charge < -0.3 is 11.1 Å². The van der Waals surface area contributed by atoms with E-state index >= 15 is 0 Å². The van der Waals surface area contributed by atoms with Gasteiger partial charge in [-0.1, -0.05) is 24.3 Å². The van der Waals surface area contributed by atoms with E-state index in [4.69, 9.17) is 5.73 Å². The maximum atomic E-state index is 12.8. The monoisotopic (exact) mass is 426 g/mol. The summed E-state index contributed by atoms with van der Waals surface area (Å²) in [6, 6.07) is 13.2. The van der Waals surface area contributed by atoms with Gasteiger partial charge in [0, 0.05) is 24.2 Å². The van der Waals surface area contributed by atoms with Crippen molar-refractivity contribution in [3.63, 3.8) is 0 Å². The number of rotatable bonds is 6. The molecule has 1 aliphatic heterocycles. The molecule has 0 spiro atoms. The smallest absolute Gasteiger partial charge is 0.327 e. The Bertz CT molecular complexity index is 1210. The first-order chi connectivity index (χ1) is 14.9. The van der Waals surface area contributed by atoms with E-state index in [1.54, 1.807) is 12.1 Å². The molecule has 0 bridgehead atoms. The van der Waals surface area contributed by atoms with Gasteiger partial charge in [-0.3, -0.25) is 4.79 Å². The van der Waals surface area contributed by atoms with Crippen LogP contribution in [0.15, 0.2) is 58.9 Å². The summed E-state index contributed by atoms with van der Waals surface area (Å²) < 4.78 is 27.5. The van der Waals surface area contributed by atoms with E-state index in [9.17, 15) is 18.4 Å². The molecule has 0 saturated heterocycles. The fraction of sp³-hybridized carbons (Fsp3) is 0.238. The molecule has 0 atom stereocenters. The van der Waals surface area contributed by atoms with Gasteiger partial charge >= 0.3 is 5.69 Å². The lowest BCUT2D eigenvalue weighted by molar-refractivity contribution is -0.116. The van der Waals surface area contributed by atoms with Crippen LogP contribution in [-0.2, 0) is 24.2 Å². The Morgan fingerprint density at radius 1 is 1.03 bits per heavy atom. The van der Waals surface area contributed by atoms with Gasteiger partial charge in [-0.2, -0.15) is 18.1 Å². The number of hydrogen-bond acceptors (Lipinski definition) is 5. The third kappa shape index (κ3) is 4.43. The fourth-order valence-corrected chi connectivity index (χ4v) is 3.46. The van der Waals surface area contributed by atoms with E-state index in [1.807, 2.05) is 24.3 Å².